The van der Waals surface area contributed by atoms with E-state index in [2.05, 4.69) is 20.8 Å². The van der Waals surface area contributed by atoms with Crippen molar-refractivity contribution in [2.45, 2.75) is 24.8 Å². The molecule has 4 rings (SSSR count). The van der Waals surface area contributed by atoms with E-state index < -0.39 is 0 Å². The summed E-state index contributed by atoms with van der Waals surface area (Å²) in [6.07, 6.45) is 2.08. The number of anilines is 1. The lowest BCUT2D eigenvalue weighted by molar-refractivity contribution is 0.0937. The normalized spacial score (nSPS) is 20.3. The predicted octanol–water partition coefficient (Wildman–Crippen LogP) is 1.52. The fourth-order valence-electron chi connectivity index (χ4n) is 2.45. The zero-order valence-electron chi connectivity index (χ0n) is 10.8. The molecule has 0 bridgehead atoms. The van der Waals surface area contributed by atoms with Crippen LogP contribution in [0.2, 0.25) is 0 Å². The third-order valence-corrected chi connectivity index (χ3v) is 3.69. The van der Waals surface area contributed by atoms with E-state index in [9.17, 15) is 4.79 Å². The Balaban J connectivity index is 1.58. The molecule has 2 N–H and O–H groups in total. The largest absolute Gasteiger partial charge is 0.384 e. The van der Waals surface area contributed by atoms with E-state index in [4.69, 9.17) is 4.52 Å². The summed E-state index contributed by atoms with van der Waals surface area (Å²) in [5.41, 5.74) is 2.21. The highest BCUT2D eigenvalue weighted by Crippen LogP contribution is 2.34. The van der Waals surface area contributed by atoms with Gasteiger partial charge in [0, 0.05) is 18.3 Å². The number of aromatic nitrogens is 2. The number of carbonyl (C=O) groups is 1. The first-order valence-electron chi connectivity index (χ1n) is 6.78. The predicted molar refractivity (Wildman–Crippen MR) is 71.6 cm³/mol. The molecule has 1 saturated carbocycles. The van der Waals surface area contributed by atoms with Gasteiger partial charge >= 0.3 is 0 Å². The third kappa shape index (κ3) is 1.93. The van der Waals surface area contributed by atoms with Crippen molar-refractivity contribution in [2.75, 3.05) is 11.9 Å². The Morgan fingerprint density at radius 1 is 1.35 bits per heavy atom. The maximum absolute atomic E-state index is 11.9. The van der Waals surface area contributed by atoms with E-state index in [-0.39, 0.29) is 17.6 Å². The first-order valence-corrected chi connectivity index (χ1v) is 6.78. The van der Waals surface area contributed by atoms with E-state index in [0.29, 0.717) is 18.5 Å². The summed E-state index contributed by atoms with van der Waals surface area (Å²) in [7, 11) is 0. The molecule has 1 fully saturated rings. The van der Waals surface area contributed by atoms with Gasteiger partial charge in [0.15, 0.2) is 0 Å². The summed E-state index contributed by atoms with van der Waals surface area (Å²) in [4.78, 5) is 16.1. The molecule has 0 radical (unpaired) electrons. The Hall–Kier alpha value is -2.37. The van der Waals surface area contributed by atoms with Crippen LogP contribution in [0.3, 0.4) is 0 Å². The van der Waals surface area contributed by atoms with Gasteiger partial charge in [0.2, 0.25) is 5.89 Å². The van der Waals surface area contributed by atoms with Crippen LogP contribution < -0.4 is 10.6 Å². The number of amides is 1. The SMILES string of the molecule is O=C(NC1CC1)c1noc(C2CNc3ccccc32)n1. The molecule has 1 amide bonds. The highest BCUT2D eigenvalue weighted by molar-refractivity contribution is 5.90. The van der Waals surface area contributed by atoms with Crippen molar-refractivity contribution in [3.63, 3.8) is 0 Å². The lowest BCUT2D eigenvalue weighted by atomic mass is 10.0. The minimum atomic E-state index is -0.248. The maximum atomic E-state index is 11.9. The number of para-hydroxylation sites is 1. The Morgan fingerprint density at radius 2 is 2.20 bits per heavy atom. The third-order valence-electron chi connectivity index (χ3n) is 3.69. The number of nitrogens with one attached hydrogen (secondary N) is 2. The summed E-state index contributed by atoms with van der Waals surface area (Å²) in [5.74, 6) is 0.377. The van der Waals surface area contributed by atoms with Crippen LogP contribution >= 0.6 is 0 Å². The maximum Gasteiger partial charge on any atom is 0.292 e. The Morgan fingerprint density at radius 3 is 3.05 bits per heavy atom. The van der Waals surface area contributed by atoms with Crippen LogP contribution in [0.5, 0.6) is 0 Å². The Labute approximate surface area is 115 Å². The molecule has 1 aromatic heterocycles. The molecule has 0 spiro atoms. The lowest BCUT2D eigenvalue weighted by Gasteiger charge is -2.03. The van der Waals surface area contributed by atoms with Crippen LogP contribution in [0.15, 0.2) is 28.8 Å². The number of hydrogen-bond donors (Lipinski definition) is 2. The Kier molecular flexibility index (Phi) is 2.48. The van der Waals surface area contributed by atoms with Crippen molar-refractivity contribution < 1.29 is 9.32 Å². The van der Waals surface area contributed by atoms with Crippen molar-refractivity contribution in [3.05, 3.63) is 41.5 Å². The van der Waals surface area contributed by atoms with Crippen LogP contribution in [0.25, 0.3) is 0 Å². The van der Waals surface area contributed by atoms with Crippen molar-refractivity contribution in [1.29, 1.82) is 0 Å². The minimum Gasteiger partial charge on any atom is -0.384 e. The smallest absolute Gasteiger partial charge is 0.292 e. The van der Waals surface area contributed by atoms with Gasteiger partial charge in [-0.2, -0.15) is 4.98 Å². The molecule has 1 aliphatic carbocycles. The summed E-state index contributed by atoms with van der Waals surface area (Å²) in [6.45, 7) is 0.714. The van der Waals surface area contributed by atoms with Crippen LogP contribution in [0.4, 0.5) is 5.69 Å². The number of rotatable bonds is 3. The second-order valence-corrected chi connectivity index (χ2v) is 5.22. The van der Waals surface area contributed by atoms with Gasteiger partial charge in [-0.25, -0.2) is 0 Å². The molecule has 1 aromatic carbocycles. The van der Waals surface area contributed by atoms with Crippen LogP contribution in [-0.2, 0) is 0 Å². The van der Waals surface area contributed by atoms with Gasteiger partial charge in [-0.15, -0.1) is 0 Å². The minimum absolute atomic E-state index is 0.0150. The molecule has 20 heavy (non-hydrogen) atoms. The molecule has 6 heteroatoms. The molecule has 2 heterocycles. The second-order valence-electron chi connectivity index (χ2n) is 5.22. The average Bonchev–Trinajstić information content (AvgIpc) is 3.01. The van der Waals surface area contributed by atoms with E-state index in [0.717, 1.165) is 24.1 Å². The van der Waals surface area contributed by atoms with Crippen molar-refractivity contribution >= 4 is 11.6 Å². The summed E-state index contributed by atoms with van der Waals surface area (Å²) in [5, 5.41) is 9.94. The monoisotopic (exact) mass is 270 g/mol. The summed E-state index contributed by atoms with van der Waals surface area (Å²) < 4.78 is 5.27. The number of fused-ring (bicyclic) bond motifs is 1. The number of benzene rings is 1. The molecule has 2 aromatic rings. The molecule has 0 saturated heterocycles. The fraction of sp³-hybridized carbons (Fsp3) is 0.357. The topological polar surface area (TPSA) is 80.0 Å². The van der Waals surface area contributed by atoms with Crippen LogP contribution in [-0.4, -0.2) is 28.6 Å². The standard InChI is InChI=1S/C14H14N4O2/c19-13(16-8-5-6-8)12-17-14(20-18-12)10-7-15-11-4-2-1-3-9(10)11/h1-4,8,10,15H,5-7H2,(H,16,19). The fourth-order valence-corrected chi connectivity index (χ4v) is 2.45. The van der Waals surface area contributed by atoms with Crippen molar-refractivity contribution in [3.8, 4) is 0 Å². The molecule has 2 aliphatic rings. The molecule has 102 valence electrons. The van der Waals surface area contributed by atoms with Gasteiger partial charge in [-0.05, 0) is 24.5 Å². The molecule has 6 nitrogen and oxygen atoms in total. The van der Waals surface area contributed by atoms with Gasteiger partial charge in [0.05, 0.1) is 5.92 Å². The van der Waals surface area contributed by atoms with Crippen molar-refractivity contribution in [2.24, 2.45) is 0 Å². The van der Waals surface area contributed by atoms with E-state index in [1.165, 1.54) is 0 Å². The van der Waals surface area contributed by atoms with Gasteiger partial charge in [0.25, 0.3) is 11.7 Å². The molecule has 1 atom stereocenters. The van der Waals surface area contributed by atoms with Gasteiger partial charge in [0.1, 0.15) is 0 Å². The molecular weight excluding hydrogens is 256 g/mol. The van der Waals surface area contributed by atoms with Gasteiger partial charge in [-0.1, -0.05) is 23.4 Å². The number of nitrogens with zero attached hydrogens (tertiary/aromatic N) is 2. The zero-order valence-corrected chi connectivity index (χ0v) is 10.8. The quantitative estimate of drug-likeness (QED) is 0.884. The van der Waals surface area contributed by atoms with Crippen LogP contribution in [0.1, 0.15) is 40.8 Å². The van der Waals surface area contributed by atoms with E-state index in [1.54, 1.807) is 0 Å². The zero-order chi connectivity index (χ0) is 13.5. The first kappa shape index (κ1) is 11.5. The lowest BCUT2D eigenvalue weighted by Crippen LogP contribution is -2.26. The molecule has 1 aliphatic heterocycles. The average molecular weight is 270 g/mol. The highest BCUT2D eigenvalue weighted by Gasteiger charge is 2.30. The molecular formula is C14H14N4O2. The molecule has 1 unspecified atom stereocenters. The highest BCUT2D eigenvalue weighted by atomic mass is 16.5. The van der Waals surface area contributed by atoms with E-state index in [1.807, 2.05) is 24.3 Å². The summed E-state index contributed by atoms with van der Waals surface area (Å²) in [6, 6.07) is 8.31. The van der Waals surface area contributed by atoms with Crippen molar-refractivity contribution in [1.82, 2.24) is 15.5 Å². The second kappa shape index (κ2) is 4.33. The van der Waals surface area contributed by atoms with Crippen LogP contribution in [0, 0.1) is 0 Å². The van der Waals surface area contributed by atoms with Gasteiger partial charge < -0.3 is 15.2 Å². The summed E-state index contributed by atoms with van der Waals surface area (Å²) >= 11 is 0. The first-order chi connectivity index (χ1) is 9.81. The van der Waals surface area contributed by atoms with E-state index >= 15 is 0 Å². The van der Waals surface area contributed by atoms with Gasteiger partial charge in [-0.3, -0.25) is 4.79 Å². The number of carbonyl (C=O) groups excluding carboxylic acids is 1. The number of hydrogen-bond acceptors (Lipinski definition) is 5. The Bertz CT molecular complexity index is 663.